The number of rotatable bonds is 4. The van der Waals surface area contributed by atoms with E-state index in [9.17, 15) is 9.18 Å². The lowest BCUT2D eigenvalue weighted by atomic mass is 10.1. The van der Waals surface area contributed by atoms with E-state index in [0.717, 1.165) is 25.9 Å². The maximum atomic E-state index is 14.4. The van der Waals surface area contributed by atoms with Crippen molar-refractivity contribution in [2.75, 3.05) is 42.3 Å². The molecule has 7 heteroatoms. The lowest BCUT2D eigenvalue weighted by molar-refractivity contribution is 0.102. The normalized spacial score (nSPS) is 14.5. The van der Waals surface area contributed by atoms with Crippen molar-refractivity contribution in [2.24, 2.45) is 0 Å². The third-order valence-corrected chi connectivity index (χ3v) is 4.29. The Labute approximate surface area is 146 Å². The Morgan fingerprint density at radius 2 is 2.00 bits per heavy atom. The molecular formula is C18H23FN4O2. The van der Waals surface area contributed by atoms with Crippen LogP contribution in [-0.2, 0) is 0 Å². The van der Waals surface area contributed by atoms with Gasteiger partial charge in [0.1, 0.15) is 11.6 Å². The third kappa shape index (κ3) is 3.75. The molecule has 1 aromatic carbocycles. The maximum absolute atomic E-state index is 14.4. The first-order valence-corrected chi connectivity index (χ1v) is 8.46. The fourth-order valence-electron chi connectivity index (χ4n) is 2.95. The summed E-state index contributed by atoms with van der Waals surface area (Å²) in [6.45, 7) is 3.41. The van der Waals surface area contributed by atoms with Gasteiger partial charge in [-0.25, -0.2) is 4.39 Å². The van der Waals surface area contributed by atoms with E-state index < -0.39 is 5.91 Å². The second-order valence-electron chi connectivity index (χ2n) is 6.46. The van der Waals surface area contributed by atoms with Gasteiger partial charge in [-0.3, -0.25) is 4.79 Å². The van der Waals surface area contributed by atoms with Gasteiger partial charge in [0.2, 0.25) is 0 Å². The predicted molar refractivity (Wildman–Crippen MR) is 96.0 cm³/mol. The minimum absolute atomic E-state index is 0.198. The fraction of sp³-hybridized carbons (Fsp3) is 0.444. The molecule has 1 N–H and O–H groups in total. The summed E-state index contributed by atoms with van der Waals surface area (Å²) in [4.78, 5) is 20.3. The van der Waals surface area contributed by atoms with Crippen LogP contribution in [0.2, 0.25) is 0 Å². The first-order chi connectivity index (χ1) is 12.0. The Morgan fingerprint density at radius 1 is 1.28 bits per heavy atom. The molecule has 0 unspecified atom stereocenters. The Bertz CT molecular complexity index is 766. The number of nitrogens with zero attached hydrogens (tertiary/aromatic N) is 3. The summed E-state index contributed by atoms with van der Waals surface area (Å²) in [5, 5.41) is 2.68. The number of hydrogen-bond acceptors (Lipinski definition) is 5. The highest BCUT2D eigenvalue weighted by Crippen LogP contribution is 2.26. The molecule has 0 atom stereocenters. The van der Waals surface area contributed by atoms with Gasteiger partial charge < -0.3 is 19.5 Å². The lowest BCUT2D eigenvalue weighted by Gasteiger charge is -2.29. The molecular weight excluding hydrogens is 323 g/mol. The summed E-state index contributed by atoms with van der Waals surface area (Å²) in [6.07, 6.45) is 3.35. The summed E-state index contributed by atoms with van der Waals surface area (Å²) in [5.41, 5.74) is 1.19. The zero-order valence-electron chi connectivity index (χ0n) is 14.8. The Morgan fingerprint density at radius 3 is 2.60 bits per heavy atom. The van der Waals surface area contributed by atoms with E-state index in [-0.39, 0.29) is 11.5 Å². The smallest absolute Gasteiger partial charge is 0.297 e. The van der Waals surface area contributed by atoms with Gasteiger partial charge in [0, 0.05) is 32.9 Å². The Balaban J connectivity index is 1.74. The van der Waals surface area contributed by atoms with Crippen molar-refractivity contribution in [3.05, 3.63) is 35.5 Å². The summed E-state index contributed by atoms with van der Waals surface area (Å²) in [5.74, 6) is -0.323. The van der Waals surface area contributed by atoms with Crippen molar-refractivity contribution in [1.29, 1.82) is 0 Å². The topological polar surface area (TPSA) is 61.6 Å². The third-order valence-electron chi connectivity index (χ3n) is 4.29. The Hall–Kier alpha value is -2.57. The molecule has 0 bridgehead atoms. The van der Waals surface area contributed by atoms with Gasteiger partial charge in [0.25, 0.3) is 11.9 Å². The number of nitrogens with one attached hydrogen (secondary N) is 1. The van der Waals surface area contributed by atoms with Gasteiger partial charge in [0.05, 0.1) is 5.69 Å². The number of amides is 1. The molecule has 0 radical (unpaired) electrons. The van der Waals surface area contributed by atoms with Crippen molar-refractivity contribution in [2.45, 2.75) is 26.2 Å². The molecule has 2 aromatic rings. The van der Waals surface area contributed by atoms with Crippen molar-refractivity contribution in [3.63, 3.8) is 0 Å². The molecule has 6 nitrogen and oxygen atoms in total. The number of oxazole rings is 1. The van der Waals surface area contributed by atoms with Crippen molar-refractivity contribution in [1.82, 2.24) is 4.98 Å². The van der Waals surface area contributed by atoms with Crippen molar-refractivity contribution >= 4 is 23.3 Å². The van der Waals surface area contributed by atoms with Gasteiger partial charge in [-0.05, 0) is 44.4 Å². The number of carbonyl (C=O) groups excluding carboxylic acids is 1. The minimum atomic E-state index is -0.417. The molecule has 1 amide bonds. The van der Waals surface area contributed by atoms with Gasteiger partial charge in [0.15, 0.2) is 5.69 Å². The predicted octanol–water partition coefficient (Wildman–Crippen LogP) is 3.43. The monoisotopic (exact) mass is 346 g/mol. The van der Waals surface area contributed by atoms with Crippen LogP contribution in [-0.4, -0.2) is 38.1 Å². The molecule has 1 saturated heterocycles. The molecule has 2 heterocycles. The van der Waals surface area contributed by atoms with Gasteiger partial charge >= 0.3 is 0 Å². The molecule has 25 heavy (non-hydrogen) atoms. The fourth-order valence-corrected chi connectivity index (χ4v) is 2.95. The van der Waals surface area contributed by atoms with Crippen LogP contribution in [0.1, 0.15) is 35.5 Å². The minimum Gasteiger partial charge on any atom is -0.428 e. The van der Waals surface area contributed by atoms with E-state index in [1.807, 2.05) is 0 Å². The molecule has 1 aliphatic heterocycles. The van der Waals surface area contributed by atoms with E-state index in [4.69, 9.17) is 4.42 Å². The zero-order valence-corrected chi connectivity index (χ0v) is 14.8. The number of carbonyl (C=O) groups is 1. The molecule has 1 fully saturated rings. The standard InChI is InChI=1S/C18H23FN4O2/c1-12-16(21-18(25-12)22(2)3)17(24)20-13-7-8-15(14(19)11-13)23-9-5-4-6-10-23/h7-8,11H,4-6,9-10H2,1-3H3,(H,20,24). The SMILES string of the molecule is Cc1oc(N(C)C)nc1C(=O)Nc1ccc(N2CCCCC2)c(F)c1. The second-order valence-corrected chi connectivity index (χ2v) is 6.46. The van der Waals surface area contributed by atoms with Crippen LogP contribution in [0, 0.1) is 12.7 Å². The van der Waals surface area contributed by atoms with Crippen LogP contribution in [0.25, 0.3) is 0 Å². The number of aryl methyl sites for hydroxylation is 1. The van der Waals surface area contributed by atoms with Gasteiger partial charge in [-0.1, -0.05) is 0 Å². The van der Waals surface area contributed by atoms with E-state index >= 15 is 0 Å². The van der Waals surface area contributed by atoms with E-state index in [2.05, 4.69) is 15.2 Å². The average Bonchev–Trinajstić information content (AvgIpc) is 2.98. The van der Waals surface area contributed by atoms with E-state index in [0.29, 0.717) is 23.1 Å². The highest BCUT2D eigenvalue weighted by molar-refractivity contribution is 6.03. The molecule has 1 aliphatic rings. The second kappa shape index (κ2) is 7.13. The molecule has 3 rings (SSSR count). The van der Waals surface area contributed by atoms with Crippen LogP contribution in [0.4, 0.5) is 21.8 Å². The number of piperidine rings is 1. The Kier molecular flexibility index (Phi) is 4.92. The van der Waals surface area contributed by atoms with E-state index in [1.165, 1.54) is 12.5 Å². The maximum Gasteiger partial charge on any atom is 0.297 e. The molecule has 134 valence electrons. The van der Waals surface area contributed by atoms with Gasteiger partial charge in [-0.15, -0.1) is 0 Å². The first kappa shape index (κ1) is 17.3. The van der Waals surface area contributed by atoms with Crippen LogP contribution in [0.5, 0.6) is 0 Å². The summed E-state index contributed by atoms with van der Waals surface area (Å²) >= 11 is 0. The largest absolute Gasteiger partial charge is 0.428 e. The zero-order chi connectivity index (χ0) is 18.0. The highest BCUT2D eigenvalue weighted by atomic mass is 19.1. The summed E-state index contributed by atoms with van der Waals surface area (Å²) in [7, 11) is 3.56. The van der Waals surface area contributed by atoms with Gasteiger partial charge in [-0.2, -0.15) is 4.98 Å². The van der Waals surface area contributed by atoms with Crippen LogP contribution >= 0.6 is 0 Å². The number of aromatic nitrogens is 1. The summed E-state index contributed by atoms with van der Waals surface area (Å²) < 4.78 is 19.9. The molecule has 0 saturated carbocycles. The molecule has 0 aliphatic carbocycles. The number of hydrogen-bond donors (Lipinski definition) is 1. The number of benzene rings is 1. The molecule has 1 aromatic heterocycles. The van der Waals surface area contributed by atoms with Crippen LogP contribution < -0.4 is 15.1 Å². The number of anilines is 3. The van der Waals surface area contributed by atoms with E-state index in [1.54, 1.807) is 38.1 Å². The average molecular weight is 346 g/mol. The van der Waals surface area contributed by atoms with Crippen LogP contribution in [0.3, 0.4) is 0 Å². The molecule has 0 spiro atoms. The highest BCUT2D eigenvalue weighted by Gasteiger charge is 2.20. The summed E-state index contributed by atoms with van der Waals surface area (Å²) in [6, 6.07) is 5.14. The van der Waals surface area contributed by atoms with Crippen molar-refractivity contribution in [3.8, 4) is 0 Å². The quantitative estimate of drug-likeness (QED) is 0.919. The van der Waals surface area contributed by atoms with Crippen LogP contribution in [0.15, 0.2) is 22.6 Å². The lowest BCUT2D eigenvalue weighted by Crippen LogP contribution is -2.30. The number of halogens is 1. The first-order valence-electron chi connectivity index (χ1n) is 8.46. The van der Waals surface area contributed by atoms with Crippen molar-refractivity contribution < 1.29 is 13.6 Å².